The molecule has 226 valence electrons. The topological polar surface area (TPSA) is 67.6 Å². The van der Waals surface area contributed by atoms with Gasteiger partial charge in [0.25, 0.3) is 5.56 Å². The molecule has 0 spiro atoms. The monoisotopic (exact) mass is 591 g/mol. The largest absolute Gasteiger partial charge is 0.573 e. The highest BCUT2D eigenvalue weighted by Gasteiger charge is 2.31. The third-order valence-corrected chi connectivity index (χ3v) is 9.05. The molecular formula is C34H36F3N3O3. The number of ether oxygens (including phenoxy) is 1. The molecule has 1 aliphatic carbocycles. The van der Waals surface area contributed by atoms with Gasteiger partial charge in [-0.1, -0.05) is 44.4 Å². The van der Waals surface area contributed by atoms with E-state index in [9.17, 15) is 23.1 Å². The zero-order valence-electron chi connectivity index (χ0n) is 24.2. The van der Waals surface area contributed by atoms with Gasteiger partial charge in [0.05, 0.1) is 10.9 Å². The average Bonchev–Trinajstić information content (AvgIpc) is 2.94. The van der Waals surface area contributed by atoms with Crippen LogP contribution < -0.4 is 10.3 Å². The van der Waals surface area contributed by atoms with E-state index in [1.807, 2.05) is 12.1 Å². The van der Waals surface area contributed by atoms with Crippen LogP contribution in [-0.4, -0.2) is 45.6 Å². The van der Waals surface area contributed by atoms with E-state index >= 15 is 0 Å². The fourth-order valence-corrected chi connectivity index (χ4v) is 6.54. The van der Waals surface area contributed by atoms with Crippen LogP contribution in [0.4, 0.5) is 13.2 Å². The van der Waals surface area contributed by atoms with Crippen molar-refractivity contribution < 1.29 is 23.0 Å². The van der Waals surface area contributed by atoms with E-state index in [1.165, 1.54) is 43.5 Å². The number of aromatic nitrogens is 2. The number of nitrogens with zero attached hydrogens (tertiary/aromatic N) is 3. The molecule has 2 aliphatic rings. The Bertz CT molecular complexity index is 1630. The van der Waals surface area contributed by atoms with Gasteiger partial charge in [-0.15, -0.1) is 13.2 Å². The van der Waals surface area contributed by atoms with Crippen molar-refractivity contribution in [1.82, 2.24) is 14.5 Å². The first-order valence-electron chi connectivity index (χ1n) is 15.1. The Balaban J connectivity index is 1.35. The van der Waals surface area contributed by atoms with E-state index in [2.05, 4.69) is 16.6 Å². The molecule has 1 saturated carbocycles. The zero-order valence-corrected chi connectivity index (χ0v) is 24.2. The Morgan fingerprint density at radius 3 is 2.33 bits per heavy atom. The number of hydrogen-bond donors (Lipinski definition) is 1. The number of phenols is 1. The van der Waals surface area contributed by atoms with Crippen molar-refractivity contribution in [2.75, 3.05) is 19.6 Å². The maximum atomic E-state index is 14.2. The van der Waals surface area contributed by atoms with Crippen LogP contribution in [0.2, 0.25) is 0 Å². The smallest absolute Gasteiger partial charge is 0.508 e. The minimum Gasteiger partial charge on any atom is -0.508 e. The van der Waals surface area contributed by atoms with Gasteiger partial charge in [0.1, 0.15) is 17.3 Å². The highest BCUT2D eigenvalue weighted by atomic mass is 19.4. The lowest BCUT2D eigenvalue weighted by Gasteiger charge is -2.38. The summed E-state index contributed by atoms with van der Waals surface area (Å²) in [7, 11) is 0. The second-order valence-electron chi connectivity index (χ2n) is 12.1. The van der Waals surface area contributed by atoms with Crippen LogP contribution in [0.1, 0.15) is 39.0 Å². The van der Waals surface area contributed by atoms with Crippen LogP contribution in [0, 0.1) is 17.8 Å². The lowest BCUT2D eigenvalue weighted by atomic mass is 9.76. The number of alkyl halides is 3. The molecule has 6 rings (SSSR count). The van der Waals surface area contributed by atoms with E-state index in [4.69, 9.17) is 4.98 Å². The van der Waals surface area contributed by atoms with Gasteiger partial charge in [-0.05, 0) is 96.8 Å². The number of rotatable bonds is 8. The van der Waals surface area contributed by atoms with Gasteiger partial charge in [0, 0.05) is 25.2 Å². The Hall–Kier alpha value is -3.85. The molecule has 1 aliphatic heterocycles. The van der Waals surface area contributed by atoms with Crippen molar-refractivity contribution in [2.45, 2.75) is 51.9 Å². The molecule has 43 heavy (non-hydrogen) atoms. The van der Waals surface area contributed by atoms with Crippen LogP contribution >= 0.6 is 0 Å². The van der Waals surface area contributed by atoms with Crippen molar-refractivity contribution in [3.8, 4) is 34.0 Å². The first-order chi connectivity index (χ1) is 20.6. The van der Waals surface area contributed by atoms with Crippen molar-refractivity contribution in [2.24, 2.45) is 17.8 Å². The summed E-state index contributed by atoms with van der Waals surface area (Å²) in [4.78, 5) is 21.6. The standard InChI is InChI=1S/C34H36F3N3O3/c1-22(24-5-2-6-24)19-39-17-3-4-23(20-39)21-40-32(26-9-14-29(15-10-26)43-34(35,36)37)38-31-16-11-27(18-30(31)33(40)42)25-7-12-28(41)13-8-25/h7-16,18,22-24,41H,2-6,17,19-21H2,1H3. The highest BCUT2D eigenvalue weighted by molar-refractivity contribution is 5.85. The van der Waals surface area contributed by atoms with Gasteiger partial charge in [-0.2, -0.15) is 0 Å². The maximum absolute atomic E-state index is 14.2. The maximum Gasteiger partial charge on any atom is 0.573 e. The predicted molar refractivity (Wildman–Crippen MR) is 161 cm³/mol. The minimum atomic E-state index is -4.79. The Kier molecular flexibility index (Phi) is 8.18. The normalized spacial score (nSPS) is 18.8. The van der Waals surface area contributed by atoms with Gasteiger partial charge >= 0.3 is 6.36 Å². The fourth-order valence-electron chi connectivity index (χ4n) is 6.54. The number of hydrogen-bond acceptors (Lipinski definition) is 5. The third kappa shape index (κ3) is 6.72. The Morgan fingerprint density at radius 1 is 0.953 bits per heavy atom. The van der Waals surface area contributed by atoms with Crippen LogP contribution in [0.25, 0.3) is 33.4 Å². The van der Waals surface area contributed by atoms with Gasteiger partial charge in [-0.3, -0.25) is 9.36 Å². The zero-order chi connectivity index (χ0) is 30.1. The number of halogens is 3. The first-order valence-corrected chi connectivity index (χ1v) is 15.1. The number of benzene rings is 3. The fraction of sp³-hybridized carbons (Fsp3) is 0.412. The highest BCUT2D eigenvalue weighted by Crippen LogP contribution is 2.35. The molecule has 4 aromatic rings. The molecule has 2 heterocycles. The number of aromatic hydroxyl groups is 1. The van der Waals surface area contributed by atoms with Gasteiger partial charge in [-0.25, -0.2) is 4.98 Å². The van der Waals surface area contributed by atoms with Crippen molar-refractivity contribution in [3.05, 3.63) is 77.1 Å². The molecule has 2 unspecified atom stereocenters. The summed E-state index contributed by atoms with van der Waals surface area (Å²) in [5.41, 5.74) is 2.55. The van der Waals surface area contributed by atoms with Crippen molar-refractivity contribution in [3.63, 3.8) is 0 Å². The van der Waals surface area contributed by atoms with Crippen LogP contribution in [0.3, 0.4) is 0 Å². The lowest BCUT2D eigenvalue weighted by Crippen LogP contribution is -2.42. The molecule has 0 amide bonds. The van der Waals surface area contributed by atoms with Gasteiger partial charge in [0.2, 0.25) is 0 Å². The number of fused-ring (bicyclic) bond motifs is 1. The lowest BCUT2D eigenvalue weighted by molar-refractivity contribution is -0.274. The van der Waals surface area contributed by atoms with E-state index in [-0.39, 0.29) is 23.0 Å². The van der Waals surface area contributed by atoms with Gasteiger partial charge in [0.15, 0.2) is 0 Å². The number of phenolic OH excluding ortho intramolecular Hbond substituents is 1. The first kappa shape index (κ1) is 29.2. The van der Waals surface area contributed by atoms with E-state index in [0.29, 0.717) is 34.8 Å². The third-order valence-electron chi connectivity index (χ3n) is 9.05. The summed E-state index contributed by atoms with van der Waals surface area (Å²) < 4.78 is 44.1. The molecule has 6 nitrogen and oxygen atoms in total. The van der Waals surface area contributed by atoms with Crippen LogP contribution in [-0.2, 0) is 6.54 Å². The van der Waals surface area contributed by atoms with E-state index in [0.717, 1.165) is 49.5 Å². The predicted octanol–water partition coefficient (Wildman–Crippen LogP) is 7.48. The summed E-state index contributed by atoms with van der Waals surface area (Å²) in [6.07, 6.45) is 1.22. The second kappa shape index (κ2) is 12.0. The average molecular weight is 592 g/mol. The number of piperidine rings is 1. The summed E-state index contributed by atoms with van der Waals surface area (Å²) >= 11 is 0. The van der Waals surface area contributed by atoms with Gasteiger partial charge < -0.3 is 14.7 Å². The molecule has 9 heteroatoms. The van der Waals surface area contributed by atoms with Crippen molar-refractivity contribution >= 4 is 10.9 Å². The minimum absolute atomic E-state index is 0.161. The molecule has 1 aromatic heterocycles. The second-order valence-corrected chi connectivity index (χ2v) is 12.1. The van der Waals surface area contributed by atoms with Crippen molar-refractivity contribution in [1.29, 1.82) is 0 Å². The quantitative estimate of drug-likeness (QED) is 0.230. The summed E-state index contributed by atoms with van der Waals surface area (Å²) in [6.45, 7) is 5.83. The molecule has 3 aromatic carbocycles. The molecule has 2 atom stereocenters. The number of likely N-dealkylation sites (tertiary alicyclic amines) is 1. The Labute approximate surface area is 248 Å². The summed E-state index contributed by atoms with van der Waals surface area (Å²) in [5, 5.41) is 10.2. The summed E-state index contributed by atoms with van der Waals surface area (Å²) in [6, 6.07) is 17.8. The van der Waals surface area contributed by atoms with Crippen LogP contribution in [0.15, 0.2) is 71.5 Å². The molecular weight excluding hydrogens is 555 g/mol. The van der Waals surface area contributed by atoms with E-state index in [1.54, 1.807) is 34.9 Å². The molecule has 2 fully saturated rings. The SMILES string of the molecule is CC(CN1CCCC(Cn2c(-c3ccc(OC(F)(F)F)cc3)nc3ccc(-c4ccc(O)cc4)cc3c2=O)C1)C1CCC1. The van der Waals surface area contributed by atoms with E-state index < -0.39 is 6.36 Å². The summed E-state index contributed by atoms with van der Waals surface area (Å²) in [5.74, 6) is 1.97. The molecule has 1 saturated heterocycles. The molecule has 1 N–H and O–H groups in total. The molecule has 0 radical (unpaired) electrons. The molecule has 0 bridgehead atoms. The Morgan fingerprint density at radius 2 is 1.65 bits per heavy atom. The van der Waals surface area contributed by atoms with Crippen LogP contribution in [0.5, 0.6) is 11.5 Å².